The molecule has 0 unspecified atom stereocenters. The zero-order valence-electron chi connectivity index (χ0n) is 18.2. The highest BCUT2D eigenvalue weighted by Crippen LogP contribution is 2.26. The normalized spacial score (nSPS) is 10.9. The Balaban J connectivity index is 1.66. The molecule has 5 heteroatoms. The monoisotopic (exact) mass is 413 g/mol. The number of anilines is 1. The van der Waals surface area contributed by atoms with E-state index in [1.807, 2.05) is 85.1 Å². The van der Waals surface area contributed by atoms with Gasteiger partial charge in [0.1, 0.15) is 22.8 Å². The van der Waals surface area contributed by atoms with Gasteiger partial charge >= 0.3 is 0 Å². The van der Waals surface area contributed by atoms with Crippen LogP contribution in [0.5, 0.6) is 5.75 Å². The lowest BCUT2D eigenvalue weighted by Gasteiger charge is -2.10. The largest absolute Gasteiger partial charge is 0.494 e. The van der Waals surface area contributed by atoms with Crippen LogP contribution in [0.15, 0.2) is 66.9 Å². The zero-order chi connectivity index (χ0) is 21.8. The Hall–Kier alpha value is -3.60. The van der Waals surface area contributed by atoms with Gasteiger partial charge in [-0.15, -0.1) is 0 Å². The molecular weight excluding hydrogens is 386 g/mol. The van der Waals surface area contributed by atoms with E-state index in [1.165, 1.54) is 0 Å². The van der Waals surface area contributed by atoms with Crippen molar-refractivity contribution in [2.75, 3.05) is 11.9 Å². The fraction of sp³-hybridized carbons (Fsp3) is 0.231. The summed E-state index contributed by atoms with van der Waals surface area (Å²) in [5.74, 6) is 0.602. The van der Waals surface area contributed by atoms with Crippen LogP contribution in [-0.4, -0.2) is 21.9 Å². The number of fused-ring (bicyclic) bond motifs is 1. The van der Waals surface area contributed by atoms with Crippen molar-refractivity contribution in [2.45, 2.75) is 33.6 Å². The van der Waals surface area contributed by atoms with Crippen molar-refractivity contribution < 1.29 is 9.53 Å². The number of hydrogen-bond donors (Lipinski definition) is 1. The minimum atomic E-state index is -0.201. The molecule has 0 spiro atoms. The Morgan fingerprint density at radius 1 is 0.968 bits per heavy atom. The maximum Gasteiger partial charge on any atom is 0.274 e. The van der Waals surface area contributed by atoms with Crippen molar-refractivity contribution in [3.8, 4) is 17.0 Å². The Kier molecular flexibility index (Phi) is 6.03. The maximum absolute atomic E-state index is 13.4. The number of ether oxygens (including phenoxy) is 1. The number of carbonyl (C=O) groups excluding carboxylic acids is 1. The molecule has 2 heterocycles. The van der Waals surface area contributed by atoms with Crippen molar-refractivity contribution in [2.24, 2.45) is 0 Å². The van der Waals surface area contributed by atoms with Crippen molar-refractivity contribution in [1.82, 2.24) is 9.38 Å². The standard InChI is InChI=1S/C26H27N3O2/c1-4-5-16-31-22-13-11-21(12-14-22)27-26(30)25-24(20-9-6-18(2)7-10-20)28-23-15-8-19(3)17-29(23)25/h6-15,17H,4-5,16H2,1-3H3,(H,27,30). The topological polar surface area (TPSA) is 55.6 Å². The molecule has 0 aliphatic heterocycles. The highest BCUT2D eigenvalue weighted by molar-refractivity contribution is 6.07. The summed E-state index contributed by atoms with van der Waals surface area (Å²) in [6.07, 6.45) is 4.06. The average Bonchev–Trinajstić information content (AvgIpc) is 3.14. The maximum atomic E-state index is 13.4. The lowest BCUT2D eigenvalue weighted by Crippen LogP contribution is -2.15. The number of unbranched alkanes of at least 4 members (excludes halogenated alkanes) is 1. The fourth-order valence-electron chi connectivity index (χ4n) is 3.44. The molecule has 158 valence electrons. The first-order chi connectivity index (χ1) is 15.0. The smallest absolute Gasteiger partial charge is 0.274 e. The number of benzene rings is 2. The number of rotatable bonds is 7. The van der Waals surface area contributed by atoms with Gasteiger partial charge in [-0.1, -0.05) is 49.2 Å². The van der Waals surface area contributed by atoms with Crippen molar-refractivity contribution in [3.05, 3.63) is 83.7 Å². The number of nitrogens with zero attached hydrogens (tertiary/aromatic N) is 2. The summed E-state index contributed by atoms with van der Waals surface area (Å²) in [4.78, 5) is 18.1. The second kappa shape index (κ2) is 9.04. The second-order valence-corrected chi connectivity index (χ2v) is 7.79. The first-order valence-corrected chi connectivity index (χ1v) is 10.6. The van der Waals surface area contributed by atoms with Gasteiger partial charge in [-0.2, -0.15) is 0 Å². The minimum absolute atomic E-state index is 0.201. The number of imidazole rings is 1. The van der Waals surface area contributed by atoms with Gasteiger partial charge in [0.05, 0.1) is 6.61 Å². The molecule has 2 aromatic heterocycles. The van der Waals surface area contributed by atoms with E-state index in [0.29, 0.717) is 23.7 Å². The van der Waals surface area contributed by atoms with Crippen LogP contribution >= 0.6 is 0 Å². The Labute approximate surface area is 182 Å². The molecule has 2 aromatic carbocycles. The minimum Gasteiger partial charge on any atom is -0.494 e. The third-order valence-electron chi connectivity index (χ3n) is 5.19. The molecule has 1 amide bonds. The lowest BCUT2D eigenvalue weighted by atomic mass is 10.1. The molecule has 0 aliphatic rings. The zero-order valence-corrected chi connectivity index (χ0v) is 18.2. The second-order valence-electron chi connectivity index (χ2n) is 7.79. The quantitative estimate of drug-likeness (QED) is 0.375. The molecule has 0 saturated heterocycles. The number of pyridine rings is 1. The van der Waals surface area contributed by atoms with Crippen molar-refractivity contribution >= 4 is 17.2 Å². The predicted molar refractivity (Wildman–Crippen MR) is 125 cm³/mol. The molecule has 0 bridgehead atoms. The highest BCUT2D eigenvalue weighted by atomic mass is 16.5. The summed E-state index contributed by atoms with van der Waals surface area (Å²) in [5.41, 5.74) is 5.78. The van der Waals surface area contributed by atoms with E-state index in [4.69, 9.17) is 9.72 Å². The predicted octanol–water partition coefficient (Wildman–Crippen LogP) is 6.05. The van der Waals surface area contributed by atoms with E-state index in [2.05, 4.69) is 12.2 Å². The molecule has 1 N–H and O–H groups in total. The fourth-order valence-corrected chi connectivity index (χ4v) is 3.44. The third-order valence-corrected chi connectivity index (χ3v) is 5.19. The van der Waals surface area contributed by atoms with Gasteiger partial charge in [0.25, 0.3) is 5.91 Å². The van der Waals surface area contributed by atoms with Gasteiger partial charge in [0.2, 0.25) is 0 Å². The lowest BCUT2D eigenvalue weighted by molar-refractivity contribution is 0.102. The molecule has 0 saturated carbocycles. The van der Waals surface area contributed by atoms with Crippen LogP contribution in [0.25, 0.3) is 16.9 Å². The van der Waals surface area contributed by atoms with Gasteiger partial charge in [0.15, 0.2) is 0 Å². The number of aryl methyl sites for hydroxylation is 2. The van der Waals surface area contributed by atoms with E-state index in [1.54, 1.807) is 0 Å². The number of nitrogens with one attached hydrogen (secondary N) is 1. The summed E-state index contributed by atoms with van der Waals surface area (Å²) >= 11 is 0. The van der Waals surface area contributed by atoms with Crippen molar-refractivity contribution in [1.29, 1.82) is 0 Å². The first-order valence-electron chi connectivity index (χ1n) is 10.6. The molecule has 5 nitrogen and oxygen atoms in total. The van der Waals surface area contributed by atoms with Crippen molar-refractivity contribution in [3.63, 3.8) is 0 Å². The SMILES string of the molecule is CCCCOc1ccc(NC(=O)c2c(-c3ccc(C)cc3)nc3ccc(C)cn23)cc1. The molecule has 31 heavy (non-hydrogen) atoms. The van der Waals surface area contributed by atoms with E-state index in [-0.39, 0.29) is 5.91 Å². The molecule has 0 radical (unpaired) electrons. The van der Waals surface area contributed by atoms with Gasteiger partial charge in [-0.25, -0.2) is 4.98 Å². The van der Waals surface area contributed by atoms with Crippen LogP contribution in [-0.2, 0) is 0 Å². The van der Waals surface area contributed by atoms with Crippen LogP contribution in [0.2, 0.25) is 0 Å². The third kappa shape index (κ3) is 4.61. The molecular formula is C26H27N3O2. The summed E-state index contributed by atoms with van der Waals surface area (Å²) in [6.45, 7) is 6.88. The Morgan fingerprint density at radius 3 is 2.39 bits per heavy atom. The van der Waals surface area contributed by atoms with E-state index >= 15 is 0 Å². The Bertz CT molecular complexity index is 1190. The highest BCUT2D eigenvalue weighted by Gasteiger charge is 2.21. The summed E-state index contributed by atoms with van der Waals surface area (Å²) < 4.78 is 7.57. The van der Waals surface area contributed by atoms with Crippen LogP contribution in [0.4, 0.5) is 5.69 Å². The molecule has 0 fully saturated rings. The molecule has 4 rings (SSSR count). The van der Waals surface area contributed by atoms with Gasteiger partial charge in [-0.3, -0.25) is 9.20 Å². The summed E-state index contributed by atoms with van der Waals surface area (Å²) in [7, 11) is 0. The van der Waals surface area contributed by atoms with E-state index < -0.39 is 0 Å². The van der Waals surface area contributed by atoms with Crippen LogP contribution in [0, 0.1) is 13.8 Å². The molecule has 0 atom stereocenters. The van der Waals surface area contributed by atoms with Gasteiger partial charge in [-0.05, 0) is 56.2 Å². The van der Waals surface area contributed by atoms with E-state index in [0.717, 1.165) is 40.9 Å². The summed E-state index contributed by atoms with van der Waals surface area (Å²) in [6, 6.07) is 19.5. The number of aromatic nitrogens is 2. The van der Waals surface area contributed by atoms with Gasteiger partial charge < -0.3 is 10.1 Å². The molecule has 4 aromatic rings. The van der Waals surface area contributed by atoms with Crippen LogP contribution in [0.3, 0.4) is 0 Å². The van der Waals surface area contributed by atoms with Crippen LogP contribution < -0.4 is 10.1 Å². The van der Waals surface area contributed by atoms with Crippen LogP contribution in [0.1, 0.15) is 41.4 Å². The number of hydrogen-bond acceptors (Lipinski definition) is 3. The average molecular weight is 414 g/mol. The van der Waals surface area contributed by atoms with Gasteiger partial charge in [0, 0.05) is 17.4 Å². The number of amides is 1. The van der Waals surface area contributed by atoms with E-state index in [9.17, 15) is 4.79 Å². The number of carbonyl (C=O) groups is 1. The molecule has 0 aliphatic carbocycles. The first kappa shape index (κ1) is 20.7. The summed E-state index contributed by atoms with van der Waals surface area (Å²) in [5, 5.41) is 3.02. The Morgan fingerprint density at radius 2 is 1.68 bits per heavy atom.